The molecule has 0 atom stereocenters. The predicted molar refractivity (Wildman–Crippen MR) is 177 cm³/mol. The van der Waals surface area contributed by atoms with Gasteiger partial charge in [-0.15, -0.1) is 18.2 Å². The molecule has 0 bridgehead atoms. The van der Waals surface area contributed by atoms with Crippen LogP contribution >= 0.6 is 0 Å². The Balaban J connectivity index is 0.000000188. The van der Waals surface area contributed by atoms with Gasteiger partial charge in [0.1, 0.15) is 5.58 Å². The third kappa shape index (κ3) is 6.88. The fourth-order valence-corrected chi connectivity index (χ4v) is 7.09. The summed E-state index contributed by atoms with van der Waals surface area (Å²) in [5, 5.41) is 2.21. The molecule has 5 heteroatoms. The molecule has 0 aliphatic heterocycles. The monoisotopic (exact) mass is 799 g/mol. The van der Waals surface area contributed by atoms with E-state index in [9.17, 15) is 0 Å². The number of benzene rings is 4. The predicted octanol–water partition coefficient (Wildman–Crippen LogP) is 9.52. The first kappa shape index (κ1) is 30.6. The Kier molecular flexibility index (Phi) is 9.41. The SMILES string of the molecule is Cc1ccc(-c2ccc3c(c2)oc2c(-c4ccccn4)[c-]ccc23)cc1.[CH3][Ge]([CH3])([CH3])[c]1ccc(-c2[c-]cccc2)nc1.[Ir]. The molecule has 0 amide bonds. The second kappa shape index (κ2) is 13.2. The summed E-state index contributed by atoms with van der Waals surface area (Å²) in [4.78, 5) is 8.98. The molecule has 3 nitrogen and oxygen atoms in total. The van der Waals surface area contributed by atoms with Crippen LogP contribution in [0, 0.1) is 19.1 Å². The van der Waals surface area contributed by atoms with Crippen LogP contribution in [0.4, 0.5) is 0 Å². The molecule has 43 heavy (non-hydrogen) atoms. The van der Waals surface area contributed by atoms with Gasteiger partial charge in [-0.1, -0.05) is 65.0 Å². The van der Waals surface area contributed by atoms with Gasteiger partial charge in [0.2, 0.25) is 0 Å². The van der Waals surface area contributed by atoms with Crippen LogP contribution < -0.4 is 4.40 Å². The van der Waals surface area contributed by atoms with Crippen LogP contribution in [-0.2, 0) is 20.1 Å². The Morgan fingerprint density at radius 3 is 2.14 bits per heavy atom. The topological polar surface area (TPSA) is 38.9 Å². The van der Waals surface area contributed by atoms with Crippen molar-refractivity contribution < 1.29 is 24.5 Å². The number of aryl methyl sites for hydroxylation is 1. The summed E-state index contributed by atoms with van der Waals surface area (Å²) in [5.74, 6) is 7.14. The smallest absolute Gasteiger partial charge is 0 e. The van der Waals surface area contributed by atoms with E-state index in [4.69, 9.17) is 4.42 Å². The molecule has 3 aromatic heterocycles. The normalized spacial score (nSPS) is 11.1. The molecule has 7 aromatic rings. The van der Waals surface area contributed by atoms with E-state index in [-0.39, 0.29) is 20.1 Å². The van der Waals surface area contributed by atoms with E-state index in [1.165, 1.54) is 15.5 Å². The van der Waals surface area contributed by atoms with Crippen molar-refractivity contribution in [3.8, 4) is 33.6 Å². The van der Waals surface area contributed by atoms with Crippen LogP contribution in [0.1, 0.15) is 5.56 Å². The van der Waals surface area contributed by atoms with E-state index in [0.717, 1.165) is 50.0 Å². The molecule has 0 aliphatic carbocycles. The van der Waals surface area contributed by atoms with Gasteiger partial charge in [0, 0.05) is 31.7 Å². The Hall–Kier alpha value is -3.83. The fraction of sp³-hybridized carbons (Fsp3) is 0.105. The molecular weight excluding hydrogens is 765 g/mol. The third-order valence-corrected chi connectivity index (χ3v) is 11.6. The quantitative estimate of drug-likeness (QED) is 0.132. The Morgan fingerprint density at radius 1 is 0.674 bits per heavy atom. The average molecular weight is 798 g/mol. The summed E-state index contributed by atoms with van der Waals surface area (Å²) in [6.07, 6.45) is 3.83. The summed E-state index contributed by atoms with van der Waals surface area (Å²) in [7, 11) is 0. The van der Waals surface area contributed by atoms with E-state index in [2.05, 4.69) is 107 Å². The number of rotatable bonds is 4. The molecule has 0 N–H and O–H groups in total. The summed E-state index contributed by atoms with van der Waals surface area (Å²) in [6, 6.07) is 43.6. The Bertz CT molecular complexity index is 1940. The van der Waals surface area contributed by atoms with Gasteiger partial charge < -0.3 is 9.40 Å². The van der Waals surface area contributed by atoms with Crippen molar-refractivity contribution in [2.75, 3.05) is 0 Å². The zero-order valence-corrected chi connectivity index (χ0v) is 29.2. The van der Waals surface area contributed by atoms with Gasteiger partial charge in [0.15, 0.2) is 0 Å². The second-order valence-electron chi connectivity index (χ2n) is 11.4. The molecule has 4 aromatic carbocycles. The minimum atomic E-state index is -1.72. The standard InChI is InChI=1S/C24H16NO.C14H16GeN.Ir/c1-16-8-10-17(11-9-16)18-12-13-19-20-5-4-6-21(22-7-2-3-14-25-22)24(20)26-23(19)15-18;1-15(2,3)13-9-10-14(16-11-13)12-7-5-4-6-8-12;/h2-5,7-15H,1H3;4-7,9-11H,1-3H3;/q2*-1;. The van der Waals surface area contributed by atoms with E-state index in [1.807, 2.05) is 54.7 Å². The van der Waals surface area contributed by atoms with Crippen molar-refractivity contribution in [2.24, 2.45) is 0 Å². The minimum absolute atomic E-state index is 0. The van der Waals surface area contributed by atoms with Crippen molar-refractivity contribution >= 4 is 39.6 Å². The number of hydrogen-bond donors (Lipinski definition) is 0. The zero-order valence-electron chi connectivity index (χ0n) is 24.7. The van der Waals surface area contributed by atoms with Gasteiger partial charge in [0.25, 0.3) is 0 Å². The van der Waals surface area contributed by atoms with Crippen LogP contribution in [0.5, 0.6) is 0 Å². The van der Waals surface area contributed by atoms with Crippen LogP contribution in [0.15, 0.2) is 126 Å². The molecule has 0 aliphatic rings. The van der Waals surface area contributed by atoms with Crippen LogP contribution in [-0.4, -0.2) is 23.2 Å². The van der Waals surface area contributed by atoms with Gasteiger partial charge in [-0.3, -0.25) is 0 Å². The van der Waals surface area contributed by atoms with E-state index < -0.39 is 13.3 Å². The number of fused-ring (bicyclic) bond motifs is 3. The number of nitrogens with zero attached hydrogens (tertiary/aromatic N) is 2. The maximum absolute atomic E-state index is 6.25. The Labute approximate surface area is 269 Å². The second-order valence-corrected chi connectivity index (χ2v) is 22.1. The molecule has 7 rings (SSSR count). The average Bonchev–Trinajstić information content (AvgIpc) is 3.40. The van der Waals surface area contributed by atoms with Crippen molar-refractivity contribution in [1.29, 1.82) is 0 Å². The van der Waals surface area contributed by atoms with E-state index in [0.29, 0.717) is 0 Å². The van der Waals surface area contributed by atoms with Crippen molar-refractivity contribution in [2.45, 2.75) is 24.2 Å². The van der Waals surface area contributed by atoms with Gasteiger partial charge in [-0.25, -0.2) is 0 Å². The molecule has 1 radical (unpaired) electrons. The largest absolute Gasteiger partial charge is 0 e. The first-order valence-electron chi connectivity index (χ1n) is 14.2. The molecule has 215 valence electrons. The Morgan fingerprint density at radius 2 is 1.47 bits per heavy atom. The van der Waals surface area contributed by atoms with E-state index >= 15 is 0 Å². The zero-order chi connectivity index (χ0) is 29.1. The molecule has 0 saturated carbocycles. The third-order valence-electron chi connectivity index (χ3n) is 7.35. The summed E-state index contributed by atoms with van der Waals surface area (Å²) in [6.45, 7) is 2.10. The van der Waals surface area contributed by atoms with Crippen LogP contribution in [0.25, 0.3) is 55.6 Å². The molecule has 3 heterocycles. The number of furan rings is 1. The van der Waals surface area contributed by atoms with Gasteiger partial charge in [0.05, 0.1) is 5.58 Å². The van der Waals surface area contributed by atoms with Crippen molar-refractivity contribution in [3.05, 3.63) is 139 Å². The maximum atomic E-state index is 6.25. The molecule has 0 fully saturated rings. The summed E-state index contributed by atoms with van der Waals surface area (Å²) < 4.78 is 7.70. The molecule has 0 spiro atoms. The number of pyridine rings is 2. The van der Waals surface area contributed by atoms with Gasteiger partial charge in [-0.05, 0) is 35.9 Å². The van der Waals surface area contributed by atoms with Crippen LogP contribution in [0.2, 0.25) is 17.3 Å². The maximum Gasteiger partial charge on any atom is 0 e. The fourth-order valence-electron chi connectivity index (χ4n) is 4.92. The molecular formula is C38H32GeIrN2O-2. The van der Waals surface area contributed by atoms with Gasteiger partial charge >= 0.3 is 99.8 Å². The molecule has 0 saturated heterocycles. The van der Waals surface area contributed by atoms with Crippen LogP contribution in [0.3, 0.4) is 0 Å². The summed E-state index contributed by atoms with van der Waals surface area (Å²) in [5.41, 5.74) is 9.17. The number of hydrogen-bond acceptors (Lipinski definition) is 3. The first-order valence-corrected chi connectivity index (χ1v) is 21.5. The van der Waals surface area contributed by atoms with Gasteiger partial charge in [-0.2, -0.15) is 0 Å². The van der Waals surface area contributed by atoms with Crippen molar-refractivity contribution in [3.63, 3.8) is 0 Å². The molecule has 0 unspecified atom stereocenters. The summed E-state index contributed by atoms with van der Waals surface area (Å²) >= 11 is -1.72. The first-order chi connectivity index (χ1) is 20.4. The minimum Gasteiger partial charge on any atom is 0 e. The number of aromatic nitrogens is 2. The van der Waals surface area contributed by atoms with E-state index in [1.54, 1.807) is 6.20 Å². The van der Waals surface area contributed by atoms with Crippen molar-refractivity contribution in [1.82, 2.24) is 9.97 Å².